The number of hydrogen-bond donors (Lipinski definition) is 2. The van der Waals surface area contributed by atoms with Gasteiger partial charge in [-0.05, 0) is 53.1 Å². The molecule has 0 saturated carbocycles. The summed E-state index contributed by atoms with van der Waals surface area (Å²) in [5.41, 5.74) is 4.35. The van der Waals surface area contributed by atoms with Crippen molar-refractivity contribution in [1.29, 1.82) is 0 Å². The minimum absolute atomic E-state index is 0.205. The Hall–Kier alpha value is -4.33. The second-order valence-corrected chi connectivity index (χ2v) is 9.90. The van der Waals surface area contributed by atoms with E-state index in [1.807, 2.05) is 48.5 Å². The SMILES string of the molecule is CN(C(=O)O)c1ccc(-c2cnc(C(Cc3ccccc3)n3ccc(-c4cc(Cl)ccc4Cl)cc3=O)[nH]2)cc1. The molecular formula is C30H24Cl2N4O3. The first-order chi connectivity index (χ1) is 18.8. The maximum atomic E-state index is 13.4. The standard InChI is InChI=1S/C30H24Cl2N4O3/c1-35(30(38)39)23-10-7-20(8-11-23)26-18-33-29(34-26)27(15-19-5-3-2-4-6-19)36-14-13-21(16-28(36)37)24-17-22(31)9-12-25(24)32/h2-14,16-18,27H,15H2,1H3,(H,33,34)(H,38,39). The average Bonchev–Trinajstić information content (AvgIpc) is 3.43. The number of H-pyrrole nitrogens is 1. The Morgan fingerprint density at radius 3 is 2.44 bits per heavy atom. The zero-order valence-electron chi connectivity index (χ0n) is 20.9. The molecule has 1 amide bonds. The van der Waals surface area contributed by atoms with E-state index in [2.05, 4.69) is 9.97 Å². The number of carboxylic acid groups (broad SMARTS) is 1. The van der Waals surface area contributed by atoms with Crippen LogP contribution in [0.4, 0.5) is 10.5 Å². The van der Waals surface area contributed by atoms with E-state index in [0.717, 1.165) is 21.7 Å². The number of imidazole rings is 1. The van der Waals surface area contributed by atoms with Gasteiger partial charge in [0.15, 0.2) is 0 Å². The largest absolute Gasteiger partial charge is 0.465 e. The molecule has 1 atom stereocenters. The smallest absolute Gasteiger partial charge is 0.411 e. The van der Waals surface area contributed by atoms with Crippen LogP contribution in [-0.2, 0) is 6.42 Å². The number of halogens is 2. The van der Waals surface area contributed by atoms with Crippen LogP contribution in [0.3, 0.4) is 0 Å². The number of benzene rings is 3. The Morgan fingerprint density at radius 1 is 1.00 bits per heavy atom. The van der Waals surface area contributed by atoms with Gasteiger partial charge in [-0.25, -0.2) is 9.78 Å². The van der Waals surface area contributed by atoms with E-state index in [4.69, 9.17) is 23.2 Å². The predicted molar refractivity (Wildman–Crippen MR) is 155 cm³/mol. The molecule has 39 heavy (non-hydrogen) atoms. The van der Waals surface area contributed by atoms with E-state index in [-0.39, 0.29) is 5.56 Å². The molecule has 2 aromatic heterocycles. The molecule has 7 nitrogen and oxygen atoms in total. The van der Waals surface area contributed by atoms with Crippen molar-refractivity contribution in [2.24, 2.45) is 0 Å². The van der Waals surface area contributed by atoms with Gasteiger partial charge in [0, 0.05) is 47.0 Å². The van der Waals surface area contributed by atoms with Gasteiger partial charge in [0.25, 0.3) is 5.56 Å². The van der Waals surface area contributed by atoms with Crippen molar-refractivity contribution in [1.82, 2.24) is 14.5 Å². The summed E-state index contributed by atoms with van der Waals surface area (Å²) < 4.78 is 1.66. The van der Waals surface area contributed by atoms with Gasteiger partial charge in [0.2, 0.25) is 0 Å². The maximum Gasteiger partial charge on any atom is 0.411 e. The predicted octanol–water partition coefficient (Wildman–Crippen LogP) is 7.16. The summed E-state index contributed by atoms with van der Waals surface area (Å²) >= 11 is 12.5. The average molecular weight is 559 g/mol. The van der Waals surface area contributed by atoms with Crippen molar-refractivity contribution in [2.45, 2.75) is 12.5 Å². The molecule has 196 valence electrons. The number of aromatic amines is 1. The summed E-state index contributed by atoms with van der Waals surface area (Å²) in [5, 5.41) is 10.3. The highest BCUT2D eigenvalue weighted by atomic mass is 35.5. The molecule has 0 aliphatic heterocycles. The fourth-order valence-corrected chi connectivity index (χ4v) is 4.82. The number of aromatic nitrogens is 3. The van der Waals surface area contributed by atoms with Crippen LogP contribution < -0.4 is 10.5 Å². The van der Waals surface area contributed by atoms with Crippen LogP contribution in [0.5, 0.6) is 0 Å². The summed E-state index contributed by atoms with van der Waals surface area (Å²) in [4.78, 5) is 33.8. The molecule has 0 aliphatic rings. The third-order valence-corrected chi connectivity index (χ3v) is 7.12. The van der Waals surface area contributed by atoms with Crippen molar-refractivity contribution in [3.8, 4) is 22.4 Å². The molecule has 0 radical (unpaired) electrons. The zero-order valence-corrected chi connectivity index (χ0v) is 22.4. The fourth-order valence-electron chi connectivity index (χ4n) is 4.43. The molecule has 0 saturated heterocycles. The first-order valence-corrected chi connectivity index (χ1v) is 12.9. The summed E-state index contributed by atoms with van der Waals surface area (Å²) in [6.45, 7) is 0. The van der Waals surface area contributed by atoms with Crippen molar-refractivity contribution in [2.75, 3.05) is 11.9 Å². The third kappa shape index (κ3) is 5.74. The van der Waals surface area contributed by atoms with E-state index in [0.29, 0.717) is 39.1 Å². The molecule has 9 heteroatoms. The number of carbonyl (C=O) groups is 1. The number of amides is 1. The van der Waals surface area contributed by atoms with Gasteiger partial charge in [0.1, 0.15) is 5.82 Å². The summed E-state index contributed by atoms with van der Waals surface area (Å²) in [6.07, 6.45) is 2.97. The highest BCUT2D eigenvalue weighted by molar-refractivity contribution is 6.35. The van der Waals surface area contributed by atoms with Crippen molar-refractivity contribution < 1.29 is 9.90 Å². The van der Waals surface area contributed by atoms with Gasteiger partial charge in [-0.15, -0.1) is 0 Å². The lowest BCUT2D eigenvalue weighted by Crippen LogP contribution is -2.27. The lowest BCUT2D eigenvalue weighted by Gasteiger charge is -2.19. The van der Waals surface area contributed by atoms with Gasteiger partial charge in [-0.3, -0.25) is 9.69 Å². The summed E-state index contributed by atoms with van der Waals surface area (Å²) in [6, 6.07) is 25.2. The molecular weight excluding hydrogens is 535 g/mol. The van der Waals surface area contributed by atoms with Crippen LogP contribution in [-0.4, -0.2) is 32.8 Å². The minimum Gasteiger partial charge on any atom is -0.465 e. The van der Waals surface area contributed by atoms with Crippen LogP contribution in [0.15, 0.2) is 102 Å². The first-order valence-electron chi connectivity index (χ1n) is 12.1. The number of nitrogens with one attached hydrogen (secondary N) is 1. The number of anilines is 1. The molecule has 3 aromatic carbocycles. The van der Waals surface area contributed by atoms with Gasteiger partial charge in [0.05, 0.1) is 17.9 Å². The van der Waals surface area contributed by atoms with Crippen LogP contribution in [0, 0.1) is 0 Å². The van der Waals surface area contributed by atoms with Crippen LogP contribution in [0.1, 0.15) is 17.4 Å². The number of hydrogen-bond acceptors (Lipinski definition) is 3. The van der Waals surface area contributed by atoms with Gasteiger partial charge in [-0.1, -0.05) is 65.7 Å². The fraction of sp³-hybridized carbons (Fsp3) is 0.100. The molecule has 0 fully saturated rings. The Morgan fingerprint density at radius 2 is 1.74 bits per heavy atom. The Bertz CT molecular complexity index is 1680. The number of rotatable bonds is 7. The minimum atomic E-state index is -1.04. The Kier molecular flexibility index (Phi) is 7.54. The van der Waals surface area contributed by atoms with E-state index in [9.17, 15) is 14.7 Å². The van der Waals surface area contributed by atoms with Crippen LogP contribution in [0.25, 0.3) is 22.4 Å². The molecule has 0 spiro atoms. The van der Waals surface area contributed by atoms with Crippen molar-refractivity contribution >= 4 is 35.0 Å². The Balaban J connectivity index is 1.51. The van der Waals surface area contributed by atoms with Gasteiger partial charge < -0.3 is 14.7 Å². The van der Waals surface area contributed by atoms with Crippen LogP contribution in [0.2, 0.25) is 10.0 Å². The molecule has 2 heterocycles. The molecule has 2 N–H and O–H groups in total. The maximum absolute atomic E-state index is 13.4. The number of pyridine rings is 1. The molecule has 0 bridgehead atoms. The molecule has 5 aromatic rings. The number of nitrogens with zero attached hydrogens (tertiary/aromatic N) is 3. The lowest BCUT2D eigenvalue weighted by molar-refractivity contribution is 0.203. The van der Waals surface area contributed by atoms with Crippen LogP contribution >= 0.6 is 23.2 Å². The first kappa shape index (κ1) is 26.3. The monoisotopic (exact) mass is 558 g/mol. The lowest BCUT2D eigenvalue weighted by atomic mass is 10.0. The third-order valence-electron chi connectivity index (χ3n) is 6.56. The van der Waals surface area contributed by atoms with Crippen molar-refractivity contribution in [3.05, 3.63) is 129 Å². The normalized spacial score (nSPS) is 11.8. The summed E-state index contributed by atoms with van der Waals surface area (Å²) in [5.74, 6) is 0.622. The van der Waals surface area contributed by atoms with E-state index in [1.54, 1.807) is 53.4 Å². The van der Waals surface area contributed by atoms with E-state index < -0.39 is 12.1 Å². The zero-order chi connectivity index (χ0) is 27.5. The second-order valence-electron chi connectivity index (χ2n) is 9.06. The van der Waals surface area contributed by atoms with E-state index >= 15 is 0 Å². The quantitative estimate of drug-likeness (QED) is 0.221. The van der Waals surface area contributed by atoms with E-state index in [1.165, 1.54) is 7.05 Å². The molecule has 1 unspecified atom stereocenters. The Labute approximate surface area is 234 Å². The summed E-state index contributed by atoms with van der Waals surface area (Å²) in [7, 11) is 1.49. The topological polar surface area (TPSA) is 91.2 Å². The van der Waals surface area contributed by atoms with Crippen molar-refractivity contribution in [3.63, 3.8) is 0 Å². The molecule has 0 aliphatic carbocycles. The second kappa shape index (κ2) is 11.2. The van der Waals surface area contributed by atoms with Gasteiger partial charge >= 0.3 is 6.09 Å². The highest BCUT2D eigenvalue weighted by Gasteiger charge is 2.21. The van der Waals surface area contributed by atoms with Gasteiger partial charge in [-0.2, -0.15) is 0 Å². The highest BCUT2D eigenvalue weighted by Crippen LogP contribution is 2.31. The molecule has 5 rings (SSSR count).